The molecular formula is C24H31NO5. The fraction of sp³-hybridized carbons (Fsp3) is 0.333. The Morgan fingerprint density at radius 2 is 1.67 bits per heavy atom. The van der Waals surface area contributed by atoms with Crippen molar-refractivity contribution >= 4 is 18.0 Å². The Kier molecular flexibility index (Phi) is 9.27. The number of ether oxygens (including phenoxy) is 1. The molecule has 1 rings (SSSR count). The topological polar surface area (TPSA) is 110 Å². The SMILES string of the molecule is COc1c(C)c(C)c(C)c(/C=C/C(C)=C/C=C/C(C)=C/C(=O)O)c1CC(N)C(=O)O. The number of carboxylic acid groups (broad SMARTS) is 2. The first-order chi connectivity index (χ1) is 14.0. The molecule has 30 heavy (non-hydrogen) atoms. The van der Waals surface area contributed by atoms with Crippen LogP contribution in [0.1, 0.15) is 41.7 Å². The minimum atomic E-state index is -1.06. The Hall–Kier alpha value is -3.12. The van der Waals surface area contributed by atoms with Crippen LogP contribution in [-0.4, -0.2) is 35.3 Å². The van der Waals surface area contributed by atoms with E-state index in [1.54, 1.807) is 26.2 Å². The van der Waals surface area contributed by atoms with E-state index in [1.807, 2.05) is 45.9 Å². The van der Waals surface area contributed by atoms with Crippen LogP contribution in [0.3, 0.4) is 0 Å². The van der Waals surface area contributed by atoms with Crippen LogP contribution in [0, 0.1) is 20.8 Å². The summed E-state index contributed by atoms with van der Waals surface area (Å²) >= 11 is 0. The number of nitrogens with two attached hydrogens (primary N) is 1. The van der Waals surface area contributed by atoms with Crippen molar-refractivity contribution in [1.82, 2.24) is 0 Å². The number of carbonyl (C=O) groups is 2. The van der Waals surface area contributed by atoms with E-state index in [-0.39, 0.29) is 6.42 Å². The molecule has 0 radical (unpaired) electrons. The van der Waals surface area contributed by atoms with Crippen LogP contribution in [0.4, 0.5) is 0 Å². The van der Waals surface area contributed by atoms with Gasteiger partial charge in [-0.25, -0.2) is 4.79 Å². The molecule has 0 aromatic heterocycles. The van der Waals surface area contributed by atoms with Gasteiger partial charge >= 0.3 is 11.9 Å². The van der Waals surface area contributed by atoms with E-state index in [9.17, 15) is 14.7 Å². The van der Waals surface area contributed by atoms with Gasteiger partial charge in [0.1, 0.15) is 11.8 Å². The highest BCUT2D eigenvalue weighted by Gasteiger charge is 2.21. The van der Waals surface area contributed by atoms with Crippen LogP contribution < -0.4 is 10.5 Å². The predicted molar refractivity (Wildman–Crippen MR) is 120 cm³/mol. The van der Waals surface area contributed by atoms with Crippen LogP contribution in [0.25, 0.3) is 6.08 Å². The Morgan fingerprint density at radius 3 is 2.20 bits per heavy atom. The standard InChI is InChI=1S/C24H31NO5/c1-14(8-7-9-15(2)12-22(26)27)10-11-19-17(4)16(3)18(5)23(30-6)20(19)13-21(25)24(28)29/h7-12,21H,13,25H2,1-6H3,(H,26,27)(H,28,29)/b9-7+,11-10+,14-8+,15-12+. The van der Waals surface area contributed by atoms with Crippen LogP contribution in [0.5, 0.6) is 5.75 Å². The molecule has 0 fully saturated rings. The first kappa shape index (κ1) is 24.9. The molecule has 6 nitrogen and oxygen atoms in total. The third kappa shape index (κ3) is 6.74. The van der Waals surface area contributed by atoms with Crippen molar-refractivity contribution in [3.63, 3.8) is 0 Å². The zero-order valence-corrected chi connectivity index (χ0v) is 18.4. The van der Waals surface area contributed by atoms with Gasteiger partial charge in [-0.3, -0.25) is 4.79 Å². The van der Waals surface area contributed by atoms with E-state index >= 15 is 0 Å². The molecule has 0 aliphatic rings. The molecule has 0 aliphatic heterocycles. The number of hydrogen-bond acceptors (Lipinski definition) is 4. The maximum absolute atomic E-state index is 11.3. The van der Waals surface area contributed by atoms with Gasteiger partial charge in [-0.1, -0.05) is 36.0 Å². The molecule has 1 unspecified atom stereocenters. The molecular weight excluding hydrogens is 382 g/mol. The Bertz CT molecular complexity index is 936. The lowest BCUT2D eigenvalue weighted by Gasteiger charge is -2.21. The molecule has 0 amide bonds. The Balaban J connectivity index is 3.37. The summed E-state index contributed by atoms with van der Waals surface area (Å²) < 4.78 is 5.60. The summed E-state index contributed by atoms with van der Waals surface area (Å²) in [6.45, 7) is 9.59. The van der Waals surface area contributed by atoms with E-state index in [1.165, 1.54) is 0 Å². The number of methoxy groups -OCH3 is 1. The Labute approximate surface area is 178 Å². The van der Waals surface area contributed by atoms with Crippen LogP contribution in [0.2, 0.25) is 0 Å². The number of carboxylic acids is 2. The van der Waals surface area contributed by atoms with Crippen LogP contribution >= 0.6 is 0 Å². The Morgan fingerprint density at radius 1 is 1.03 bits per heavy atom. The summed E-state index contributed by atoms with van der Waals surface area (Å²) in [5.74, 6) is -1.39. The predicted octanol–water partition coefficient (Wildman–Crippen LogP) is 4.12. The maximum atomic E-state index is 11.3. The average Bonchev–Trinajstić information content (AvgIpc) is 2.65. The molecule has 6 heteroatoms. The summed E-state index contributed by atoms with van der Waals surface area (Å²) in [5.41, 5.74) is 12.1. The normalized spacial score (nSPS) is 13.8. The summed E-state index contributed by atoms with van der Waals surface area (Å²) in [7, 11) is 1.57. The van der Waals surface area contributed by atoms with E-state index in [4.69, 9.17) is 15.6 Å². The van der Waals surface area contributed by atoms with Gasteiger partial charge in [-0.15, -0.1) is 0 Å². The maximum Gasteiger partial charge on any atom is 0.328 e. The van der Waals surface area contributed by atoms with Gasteiger partial charge in [-0.2, -0.15) is 0 Å². The molecule has 0 heterocycles. The number of benzene rings is 1. The monoisotopic (exact) mass is 413 g/mol. The van der Waals surface area contributed by atoms with Gasteiger partial charge in [0.2, 0.25) is 0 Å². The highest BCUT2D eigenvalue weighted by Crippen LogP contribution is 2.35. The zero-order valence-electron chi connectivity index (χ0n) is 18.4. The molecule has 0 bridgehead atoms. The third-order valence-electron chi connectivity index (χ3n) is 5.00. The van der Waals surface area contributed by atoms with Gasteiger partial charge in [0.25, 0.3) is 0 Å². The fourth-order valence-electron chi connectivity index (χ4n) is 3.11. The largest absolute Gasteiger partial charge is 0.496 e. The van der Waals surface area contributed by atoms with Crippen molar-refractivity contribution < 1.29 is 24.5 Å². The van der Waals surface area contributed by atoms with Gasteiger partial charge in [0.15, 0.2) is 0 Å². The molecule has 0 saturated heterocycles. The van der Waals surface area contributed by atoms with Crippen molar-refractivity contribution in [2.24, 2.45) is 5.73 Å². The highest BCUT2D eigenvalue weighted by atomic mass is 16.5. The van der Waals surface area contributed by atoms with E-state index < -0.39 is 18.0 Å². The summed E-state index contributed by atoms with van der Waals surface area (Å²) in [6, 6.07) is -1.03. The van der Waals surface area contributed by atoms with Crippen molar-refractivity contribution in [2.75, 3.05) is 7.11 Å². The molecule has 1 aromatic rings. The average molecular weight is 414 g/mol. The molecule has 0 saturated carbocycles. The lowest BCUT2D eigenvalue weighted by molar-refractivity contribution is -0.138. The van der Waals surface area contributed by atoms with Gasteiger partial charge in [0.05, 0.1) is 7.11 Å². The number of hydrogen-bond donors (Lipinski definition) is 3. The molecule has 1 atom stereocenters. The van der Waals surface area contributed by atoms with E-state index in [0.29, 0.717) is 11.3 Å². The van der Waals surface area contributed by atoms with Crippen molar-refractivity contribution in [1.29, 1.82) is 0 Å². The second-order valence-electron chi connectivity index (χ2n) is 7.28. The molecule has 0 aliphatic carbocycles. The third-order valence-corrected chi connectivity index (χ3v) is 5.00. The molecule has 162 valence electrons. The van der Waals surface area contributed by atoms with Gasteiger partial charge in [0, 0.05) is 18.1 Å². The summed E-state index contributed by atoms with van der Waals surface area (Å²) in [4.78, 5) is 22.0. The van der Waals surface area contributed by atoms with Gasteiger partial charge in [-0.05, 0) is 62.4 Å². The van der Waals surface area contributed by atoms with Gasteiger partial charge < -0.3 is 20.7 Å². The van der Waals surface area contributed by atoms with Crippen molar-refractivity contribution in [3.05, 3.63) is 69.3 Å². The minimum absolute atomic E-state index is 0.155. The fourth-order valence-corrected chi connectivity index (χ4v) is 3.11. The van der Waals surface area contributed by atoms with Crippen LogP contribution in [-0.2, 0) is 16.0 Å². The molecule has 4 N–H and O–H groups in total. The number of aliphatic carboxylic acids is 2. The first-order valence-electron chi connectivity index (χ1n) is 9.58. The number of rotatable bonds is 9. The lowest BCUT2D eigenvalue weighted by atomic mass is 9.88. The number of allylic oxidation sites excluding steroid dienone is 6. The van der Waals surface area contributed by atoms with E-state index in [0.717, 1.165) is 39.5 Å². The highest BCUT2D eigenvalue weighted by molar-refractivity contribution is 5.81. The second-order valence-corrected chi connectivity index (χ2v) is 7.28. The summed E-state index contributed by atoms with van der Waals surface area (Å²) in [6.07, 6.45) is 10.5. The lowest BCUT2D eigenvalue weighted by Crippen LogP contribution is -2.32. The second kappa shape index (κ2) is 11.2. The van der Waals surface area contributed by atoms with Crippen molar-refractivity contribution in [2.45, 2.75) is 47.1 Å². The molecule has 1 aromatic carbocycles. The zero-order chi connectivity index (χ0) is 23.0. The van der Waals surface area contributed by atoms with Crippen LogP contribution in [0.15, 0.2) is 41.5 Å². The smallest absolute Gasteiger partial charge is 0.328 e. The quantitative estimate of drug-likeness (QED) is 0.415. The minimum Gasteiger partial charge on any atom is -0.496 e. The first-order valence-corrected chi connectivity index (χ1v) is 9.58. The van der Waals surface area contributed by atoms with E-state index in [2.05, 4.69) is 0 Å². The van der Waals surface area contributed by atoms with Crippen molar-refractivity contribution in [3.8, 4) is 5.75 Å². The summed E-state index contributed by atoms with van der Waals surface area (Å²) in [5, 5.41) is 18.0. The molecule has 0 spiro atoms.